The summed E-state index contributed by atoms with van der Waals surface area (Å²) in [5.41, 5.74) is 0.843. The second kappa shape index (κ2) is 6.06. The van der Waals surface area contributed by atoms with Gasteiger partial charge in [-0.15, -0.1) is 0 Å². The van der Waals surface area contributed by atoms with Crippen molar-refractivity contribution in [1.29, 1.82) is 0 Å². The number of amides is 2. The molecule has 104 valence electrons. The number of carboxylic acids is 1. The van der Waals surface area contributed by atoms with E-state index in [1.807, 2.05) is 16.8 Å². The molecule has 1 saturated carbocycles. The van der Waals surface area contributed by atoms with E-state index in [0.29, 0.717) is 13.1 Å². The van der Waals surface area contributed by atoms with E-state index in [-0.39, 0.29) is 17.9 Å². The van der Waals surface area contributed by atoms with E-state index in [9.17, 15) is 9.59 Å². The van der Waals surface area contributed by atoms with Gasteiger partial charge in [-0.05, 0) is 40.6 Å². The normalized spacial score (nSPS) is 16.4. The van der Waals surface area contributed by atoms with E-state index < -0.39 is 5.97 Å². The molecule has 19 heavy (non-hydrogen) atoms. The molecule has 3 N–H and O–H groups in total. The van der Waals surface area contributed by atoms with E-state index in [4.69, 9.17) is 5.11 Å². The molecule has 1 aliphatic carbocycles. The number of rotatable bonds is 6. The average Bonchev–Trinajstić information content (AvgIpc) is 2.82. The van der Waals surface area contributed by atoms with Gasteiger partial charge in [-0.2, -0.15) is 11.3 Å². The van der Waals surface area contributed by atoms with Crippen LogP contribution in [0, 0.1) is 5.41 Å². The van der Waals surface area contributed by atoms with Gasteiger partial charge in [0, 0.05) is 13.1 Å². The lowest BCUT2D eigenvalue weighted by atomic mass is 9.66. The smallest absolute Gasteiger partial charge is 0.315 e. The molecule has 1 aliphatic rings. The molecule has 0 atom stereocenters. The number of aliphatic carboxylic acids is 1. The van der Waals surface area contributed by atoms with Crippen molar-refractivity contribution >= 4 is 23.3 Å². The molecule has 0 bridgehead atoms. The number of hydrogen-bond donors (Lipinski definition) is 3. The van der Waals surface area contributed by atoms with Crippen LogP contribution in [0.15, 0.2) is 16.8 Å². The Kier molecular flexibility index (Phi) is 4.42. The Morgan fingerprint density at radius 3 is 2.68 bits per heavy atom. The van der Waals surface area contributed by atoms with Gasteiger partial charge in [-0.3, -0.25) is 4.79 Å². The van der Waals surface area contributed by atoms with Crippen LogP contribution in [0.4, 0.5) is 4.79 Å². The standard InChI is InChI=1S/C13H18N2O3S/c16-11(17)6-13(3-1-4-13)9-15-12(18)14-7-10-2-5-19-8-10/h2,5,8H,1,3-4,6-7,9H2,(H,16,17)(H2,14,15,18). The Bertz CT molecular complexity index is 441. The van der Waals surface area contributed by atoms with Gasteiger partial charge in [0.1, 0.15) is 0 Å². The Morgan fingerprint density at radius 2 is 2.16 bits per heavy atom. The molecule has 1 aromatic rings. The Morgan fingerprint density at radius 1 is 1.37 bits per heavy atom. The van der Waals surface area contributed by atoms with Crippen LogP contribution in [0.2, 0.25) is 0 Å². The molecule has 6 heteroatoms. The van der Waals surface area contributed by atoms with Crippen LogP contribution in [0.3, 0.4) is 0 Å². The molecule has 1 fully saturated rings. The highest BCUT2D eigenvalue weighted by atomic mass is 32.1. The lowest BCUT2D eigenvalue weighted by Crippen LogP contribution is -2.46. The summed E-state index contributed by atoms with van der Waals surface area (Å²) >= 11 is 1.59. The quantitative estimate of drug-likeness (QED) is 0.748. The van der Waals surface area contributed by atoms with Crippen molar-refractivity contribution in [2.45, 2.75) is 32.2 Å². The van der Waals surface area contributed by atoms with Gasteiger partial charge in [0.2, 0.25) is 0 Å². The van der Waals surface area contributed by atoms with Crippen LogP contribution in [0.5, 0.6) is 0 Å². The van der Waals surface area contributed by atoms with Crippen LogP contribution in [-0.4, -0.2) is 23.7 Å². The zero-order valence-electron chi connectivity index (χ0n) is 10.6. The minimum absolute atomic E-state index is 0.137. The highest BCUT2D eigenvalue weighted by molar-refractivity contribution is 7.07. The van der Waals surface area contributed by atoms with Crippen molar-refractivity contribution in [2.24, 2.45) is 5.41 Å². The van der Waals surface area contributed by atoms with Gasteiger partial charge in [-0.25, -0.2) is 4.79 Å². The second-order valence-electron chi connectivity index (χ2n) is 5.09. The zero-order valence-corrected chi connectivity index (χ0v) is 11.5. The summed E-state index contributed by atoms with van der Waals surface area (Å²) in [6.45, 7) is 0.941. The average molecular weight is 282 g/mol. The number of hydrogen-bond acceptors (Lipinski definition) is 3. The second-order valence-corrected chi connectivity index (χ2v) is 5.87. The van der Waals surface area contributed by atoms with Gasteiger partial charge in [0.25, 0.3) is 0 Å². The first-order valence-electron chi connectivity index (χ1n) is 6.34. The number of nitrogens with one attached hydrogen (secondary N) is 2. The maximum atomic E-state index is 11.6. The van der Waals surface area contributed by atoms with Crippen molar-refractivity contribution in [2.75, 3.05) is 6.54 Å². The number of thiophene rings is 1. The first-order chi connectivity index (χ1) is 9.10. The van der Waals surface area contributed by atoms with Gasteiger partial charge in [0.05, 0.1) is 6.42 Å². The Hall–Kier alpha value is -1.56. The lowest BCUT2D eigenvalue weighted by Gasteiger charge is -2.40. The SMILES string of the molecule is O=C(O)CC1(CNC(=O)NCc2ccsc2)CCC1. The van der Waals surface area contributed by atoms with Crippen molar-refractivity contribution < 1.29 is 14.7 Å². The van der Waals surface area contributed by atoms with E-state index in [1.54, 1.807) is 11.3 Å². The van der Waals surface area contributed by atoms with Gasteiger partial charge in [-0.1, -0.05) is 6.42 Å². The van der Waals surface area contributed by atoms with Crippen molar-refractivity contribution in [3.05, 3.63) is 22.4 Å². The summed E-state index contributed by atoms with van der Waals surface area (Å²) in [5, 5.41) is 18.4. The van der Waals surface area contributed by atoms with Gasteiger partial charge in [0.15, 0.2) is 0 Å². The molecule has 0 aromatic carbocycles. The highest BCUT2D eigenvalue weighted by Crippen LogP contribution is 2.43. The predicted octanol–water partition coefficient (Wildman–Crippen LogP) is 2.19. The molecule has 5 nitrogen and oxygen atoms in total. The molecule has 1 heterocycles. The van der Waals surface area contributed by atoms with Crippen molar-refractivity contribution in [3.8, 4) is 0 Å². The molecule has 0 saturated heterocycles. The van der Waals surface area contributed by atoms with Crippen LogP contribution in [0.1, 0.15) is 31.2 Å². The van der Waals surface area contributed by atoms with Gasteiger partial charge >= 0.3 is 12.0 Å². The topological polar surface area (TPSA) is 78.4 Å². The Balaban J connectivity index is 1.72. The lowest BCUT2D eigenvalue weighted by molar-refractivity contribution is -0.141. The van der Waals surface area contributed by atoms with E-state index in [0.717, 1.165) is 24.8 Å². The van der Waals surface area contributed by atoms with E-state index >= 15 is 0 Å². The first-order valence-corrected chi connectivity index (χ1v) is 7.29. The summed E-state index contributed by atoms with van der Waals surface area (Å²) < 4.78 is 0. The van der Waals surface area contributed by atoms with Crippen LogP contribution >= 0.6 is 11.3 Å². The zero-order chi connectivity index (χ0) is 13.7. The molecule has 2 rings (SSSR count). The fourth-order valence-electron chi connectivity index (χ4n) is 2.32. The molecular weight excluding hydrogens is 264 g/mol. The minimum atomic E-state index is -0.791. The monoisotopic (exact) mass is 282 g/mol. The molecular formula is C13H18N2O3S. The Labute approximate surface area is 116 Å². The third-order valence-electron chi connectivity index (χ3n) is 3.60. The maximum Gasteiger partial charge on any atom is 0.315 e. The molecule has 0 aliphatic heterocycles. The number of urea groups is 1. The maximum absolute atomic E-state index is 11.6. The van der Waals surface area contributed by atoms with Crippen molar-refractivity contribution in [3.63, 3.8) is 0 Å². The predicted molar refractivity (Wildman–Crippen MR) is 73.1 cm³/mol. The largest absolute Gasteiger partial charge is 0.481 e. The third-order valence-corrected chi connectivity index (χ3v) is 4.33. The molecule has 0 unspecified atom stereocenters. The number of carbonyl (C=O) groups excluding carboxylic acids is 1. The first kappa shape index (κ1) is 13.9. The molecule has 0 spiro atoms. The summed E-state index contributed by atoms with van der Waals surface area (Å²) in [5.74, 6) is -0.791. The van der Waals surface area contributed by atoms with Crippen LogP contribution in [-0.2, 0) is 11.3 Å². The third kappa shape index (κ3) is 3.96. The summed E-state index contributed by atoms with van der Waals surface area (Å²) in [6, 6.07) is 1.73. The highest BCUT2D eigenvalue weighted by Gasteiger charge is 2.39. The van der Waals surface area contributed by atoms with Gasteiger partial charge < -0.3 is 15.7 Å². The summed E-state index contributed by atoms with van der Waals surface area (Å²) in [6.07, 6.45) is 2.94. The molecule has 2 amide bonds. The molecule has 0 radical (unpaired) electrons. The number of carbonyl (C=O) groups is 2. The van der Waals surface area contributed by atoms with E-state index in [1.165, 1.54) is 0 Å². The van der Waals surface area contributed by atoms with E-state index in [2.05, 4.69) is 10.6 Å². The minimum Gasteiger partial charge on any atom is -0.481 e. The summed E-state index contributed by atoms with van der Waals surface area (Å²) in [4.78, 5) is 22.5. The fourth-order valence-corrected chi connectivity index (χ4v) is 2.99. The number of carboxylic acid groups (broad SMARTS) is 1. The summed E-state index contributed by atoms with van der Waals surface area (Å²) in [7, 11) is 0. The molecule has 1 aromatic heterocycles. The van der Waals surface area contributed by atoms with Crippen molar-refractivity contribution in [1.82, 2.24) is 10.6 Å². The van der Waals surface area contributed by atoms with Crippen LogP contribution < -0.4 is 10.6 Å². The van der Waals surface area contributed by atoms with Crippen LogP contribution in [0.25, 0.3) is 0 Å². The fraction of sp³-hybridized carbons (Fsp3) is 0.538.